The Bertz CT molecular complexity index is 601. The van der Waals surface area contributed by atoms with Gasteiger partial charge in [0.1, 0.15) is 0 Å². The van der Waals surface area contributed by atoms with Crippen LogP contribution in [0.15, 0.2) is 6.07 Å². The van der Waals surface area contributed by atoms with E-state index in [0.29, 0.717) is 18.4 Å². The smallest absolute Gasteiger partial charge is 0.318 e. The number of hydrogen-bond acceptors (Lipinski definition) is 4. The molecule has 0 saturated heterocycles. The highest BCUT2D eigenvalue weighted by molar-refractivity contribution is 5.62. The maximum Gasteiger partial charge on any atom is 0.318 e. The summed E-state index contributed by atoms with van der Waals surface area (Å²) < 4.78 is 0. The maximum atomic E-state index is 11.6. The highest BCUT2D eigenvalue weighted by atomic mass is 16.6. The van der Waals surface area contributed by atoms with Gasteiger partial charge in [0.05, 0.1) is 4.92 Å². The number of nitrogens with zero attached hydrogens (tertiary/aromatic N) is 1. The van der Waals surface area contributed by atoms with Gasteiger partial charge in [0.2, 0.25) is 5.75 Å². The normalized spacial score (nSPS) is 11.1. The van der Waals surface area contributed by atoms with Gasteiger partial charge < -0.3 is 10.2 Å². The summed E-state index contributed by atoms with van der Waals surface area (Å²) in [5.74, 6) is -0.964. The molecule has 0 heterocycles. The Morgan fingerprint density at radius 1 is 0.759 bits per heavy atom. The highest BCUT2D eigenvalue weighted by Gasteiger charge is 2.26. The standard InChI is InChI=1S/C24H41NO4/c1-3-5-7-9-11-13-15-17-20-19-22(26)24(27)23(25(28)29)21(20)18-16-14-12-10-8-6-4-2/h19,26-27H,3-18H2,1-2H3. The summed E-state index contributed by atoms with van der Waals surface area (Å²) in [6.07, 6.45) is 17.6. The first-order valence-corrected chi connectivity index (χ1v) is 11.7. The van der Waals surface area contributed by atoms with Crippen molar-refractivity contribution in [2.24, 2.45) is 0 Å². The fourth-order valence-corrected chi connectivity index (χ4v) is 3.97. The summed E-state index contributed by atoms with van der Waals surface area (Å²) in [4.78, 5) is 11.0. The van der Waals surface area contributed by atoms with Gasteiger partial charge in [0.15, 0.2) is 5.75 Å². The van der Waals surface area contributed by atoms with Crippen molar-refractivity contribution in [2.45, 2.75) is 117 Å². The number of rotatable bonds is 17. The lowest BCUT2D eigenvalue weighted by molar-refractivity contribution is -0.386. The molecule has 5 nitrogen and oxygen atoms in total. The van der Waals surface area contributed by atoms with Gasteiger partial charge in [0.25, 0.3) is 0 Å². The molecule has 1 aromatic rings. The van der Waals surface area contributed by atoms with E-state index in [9.17, 15) is 20.3 Å². The van der Waals surface area contributed by atoms with Crippen LogP contribution in [0.25, 0.3) is 0 Å². The van der Waals surface area contributed by atoms with Crippen LogP contribution in [-0.2, 0) is 12.8 Å². The molecule has 0 atom stereocenters. The van der Waals surface area contributed by atoms with E-state index < -0.39 is 10.7 Å². The van der Waals surface area contributed by atoms with Crippen molar-refractivity contribution in [3.63, 3.8) is 0 Å². The zero-order valence-electron chi connectivity index (χ0n) is 18.5. The lowest BCUT2D eigenvalue weighted by atomic mass is 9.94. The van der Waals surface area contributed by atoms with Crippen molar-refractivity contribution < 1.29 is 15.1 Å². The third-order valence-electron chi connectivity index (χ3n) is 5.71. The van der Waals surface area contributed by atoms with E-state index in [-0.39, 0.29) is 11.4 Å². The Balaban J connectivity index is 2.69. The van der Waals surface area contributed by atoms with Crippen LogP contribution in [0, 0.1) is 10.1 Å². The number of benzene rings is 1. The molecule has 0 aliphatic carbocycles. The van der Waals surface area contributed by atoms with Crippen LogP contribution in [-0.4, -0.2) is 15.1 Å². The monoisotopic (exact) mass is 407 g/mol. The second-order valence-corrected chi connectivity index (χ2v) is 8.23. The van der Waals surface area contributed by atoms with Crippen LogP contribution in [0.3, 0.4) is 0 Å². The van der Waals surface area contributed by atoms with Gasteiger partial charge in [-0.05, 0) is 37.3 Å². The number of hydrogen-bond donors (Lipinski definition) is 2. The van der Waals surface area contributed by atoms with E-state index in [4.69, 9.17) is 0 Å². The summed E-state index contributed by atoms with van der Waals surface area (Å²) in [6.45, 7) is 4.40. The topological polar surface area (TPSA) is 83.6 Å². The summed E-state index contributed by atoms with van der Waals surface area (Å²) in [5, 5.41) is 31.6. The van der Waals surface area contributed by atoms with Gasteiger partial charge in [0, 0.05) is 5.56 Å². The molecule has 0 fully saturated rings. The number of nitro benzene ring substituents is 1. The van der Waals surface area contributed by atoms with E-state index in [0.717, 1.165) is 37.7 Å². The molecule has 0 aliphatic heterocycles. The predicted molar refractivity (Wildman–Crippen MR) is 120 cm³/mol. The minimum Gasteiger partial charge on any atom is -0.504 e. The number of unbranched alkanes of at least 4 members (excludes halogenated alkanes) is 12. The maximum absolute atomic E-state index is 11.6. The number of aryl methyl sites for hydroxylation is 1. The lowest BCUT2D eigenvalue weighted by Gasteiger charge is -2.13. The summed E-state index contributed by atoms with van der Waals surface area (Å²) >= 11 is 0. The fourth-order valence-electron chi connectivity index (χ4n) is 3.97. The third-order valence-corrected chi connectivity index (χ3v) is 5.71. The van der Waals surface area contributed by atoms with Crippen molar-refractivity contribution in [2.75, 3.05) is 0 Å². The van der Waals surface area contributed by atoms with Crippen LogP contribution in [0.1, 0.15) is 115 Å². The molecule has 5 heteroatoms. The number of phenolic OH excluding ortho intramolecular Hbond substituents is 2. The highest BCUT2D eigenvalue weighted by Crippen LogP contribution is 2.41. The molecule has 0 aromatic heterocycles. The van der Waals surface area contributed by atoms with Gasteiger partial charge in [-0.1, -0.05) is 90.9 Å². The van der Waals surface area contributed by atoms with Crippen LogP contribution in [0.4, 0.5) is 5.69 Å². The molecule has 1 aromatic carbocycles. The minimum absolute atomic E-state index is 0.297. The summed E-state index contributed by atoms with van der Waals surface area (Å²) in [7, 11) is 0. The van der Waals surface area contributed by atoms with E-state index in [2.05, 4.69) is 13.8 Å². The van der Waals surface area contributed by atoms with Gasteiger partial charge in [-0.25, -0.2) is 0 Å². The van der Waals surface area contributed by atoms with Gasteiger partial charge in [-0.2, -0.15) is 0 Å². The van der Waals surface area contributed by atoms with Crippen molar-refractivity contribution in [1.82, 2.24) is 0 Å². The summed E-state index contributed by atoms with van der Waals surface area (Å²) in [6, 6.07) is 1.54. The summed E-state index contributed by atoms with van der Waals surface area (Å²) in [5.41, 5.74) is 1.14. The van der Waals surface area contributed by atoms with Gasteiger partial charge in [-0.15, -0.1) is 0 Å². The van der Waals surface area contributed by atoms with Gasteiger partial charge in [-0.3, -0.25) is 10.1 Å². The van der Waals surface area contributed by atoms with Crippen LogP contribution in [0.5, 0.6) is 11.5 Å². The first kappa shape index (κ1) is 25.3. The van der Waals surface area contributed by atoms with Crippen molar-refractivity contribution >= 4 is 5.69 Å². The Morgan fingerprint density at radius 2 is 1.21 bits per heavy atom. The first-order chi connectivity index (χ1) is 14.0. The molecule has 0 saturated carbocycles. The van der Waals surface area contributed by atoms with Crippen LogP contribution < -0.4 is 0 Å². The Kier molecular flexibility index (Phi) is 13.2. The third kappa shape index (κ3) is 9.51. The quantitative estimate of drug-likeness (QED) is 0.121. The van der Waals surface area contributed by atoms with Crippen molar-refractivity contribution in [1.29, 1.82) is 0 Å². The van der Waals surface area contributed by atoms with E-state index >= 15 is 0 Å². The molecule has 2 N–H and O–H groups in total. The molecular weight excluding hydrogens is 366 g/mol. The molecular formula is C24H41NO4. The van der Waals surface area contributed by atoms with Crippen molar-refractivity contribution in [3.05, 3.63) is 27.3 Å². The molecule has 0 spiro atoms. The number of nitro groups is 1. The molecule has 0 radical (unpaired) electrons. The zero-order chi connectivity index (χ0) is 21.5. The molecule has 0 aliphatic rings. The Morgan fingerprint density at radius 3 is 1.69 bits per heavy atom. The van der Waals surface area contributed by atoms with E-state index in [1.54, 1.807) is 0 Å². The molecule has 1 rings (SSSR count). The van der Waals surface area contributed by atoms with Crippen LogP contribution in [0.2, 0.25) is 0 Å². The predicted octanol–water partition coefficient (Wildman–Crippen LogP) is 7.59. The second-order valence-electron chi connectivity index (χ2n) is 8.23. The number of phenols is 2. The van der Waals surface area contributed by atoms with E-state index in [1.165, 1.54) is 63.9 Å². The van der Waals surface area contributed by atoms with E-state index in [1.807, 2.05) is 0 Å². The lowest BCUT2D eigenvalue weighted by Crippen LogP contribution is -2.03. The molecule has 0 amide bonds. The van der Waals surface area contributed by atoms with Gasteiger partial charge >= 0.3 is 5.69 Å². The fraction of sp³-hybridized carbons (Fsp3) is 0.750. The Labute approximate surface area is 176 Å². The van der Waals surface area contributed by atoms with Crippen molar-refractivity contribution in [3.8, 4) is 11.5 Å². The average molecular weight is 408 g/mol. The second kappa shape index (κ2) is 15.1. The zero-order valence-corrected chi connectivity index (χ0v) is 18.5. The largest absolute Gasteiger partial charge is 0.504 e. The SMILES string of the molecule is CCCCCCCCCc1cc(O)c(O)c([N+](=O)[O-])c1CCCCCCCCC. The first-order valence-electron chi connectivity index (χ1n) is 11.7. The minimum atomic E-state index is -0.587. The van der Waals surface area contributed by atoms with Crippen LogP contribution >= 0.6 is 0 Å². The Hall–Kier alpha value is -1.78. The molecule has 0 bridgehead atoms. The number of aromatic hydroxyl groups is 2. The molecule has 0 unspecified atom stereocenters. The molecule has 29 heavy (non-hydrogen) atoms. The molecule has 166 valence electrons. The average Bonchev–Trinajstić information content (AvgIpc) is 2.69.